The third-order valence-electron chi connectivity index (χ3n) is 3.19. The summed E-state index contributed by atoms with van der Waals surface area (Å²) < 4.78 is 14.8. The van der Waals surface area contributed by atoms with Crippen molar-refractivity contribution in [1.82, 2.24) is 9.78 Å². The zero-order valence-electron chi connectivity index (χ0n) is 11.1. The average molecular weight is 283 g/mol. The van der Waals surface area contributed by atoms with Crippen molar-refractivity contribution in [3.05, 3.63) is 51.6 Å². The zero-order chi connectivity index (χ0) is 14.2. The smallest absolute Gasteiger partial charge is 0.124 e. The van der Waals surface area contributed by atoms with Gasteiger partial charge >= 0.3 is 0 Å². The number of aryl methyl sites for hydroxylation is 1. The lowest BCUT2D eigenvalue weighted by Gasteiger charge is -2.08. The molecule has 2 rings (SSSR count). The van der Waals surface area contributed by atoms with Gasteiger partial charge in [0.1, 0.15) is 5.82 Å². The summed E-state index contributed by atoms with van der Waals surface area (Å²) in [6, 6.07) is 4.32. The Bertz CT molecular complexity index is 608. The molecule has 0 saturated carbocycles. The monoisotopic (exact) mass is 282 g/mol. The Morgan fingerprint density at radius 2 is 2.11 bits per heavy atom. The van der Waals surface area contributed by atoms with Gasteiger partial charge in [0.05, 0.1) is 18.3 Å². The first-order valence-electron chi connectivity index (χ1n) is 6.06. The number of benzene rings is 1. The molecule has 1 aromatic heterocycles. The van der Waals surface area contributed by atoms with Gasteiger partial charge in [-0.3, -0.25) is 4.68 Å². The SMILES string of the molecule is Cc1nn(Cc2ccc(F)cc2Cl)c(C)c1C(C)O. The molecule has 3 nitrogen and oxygen atoms in total. The highest BCUT2D eigenvalue weighted by atomic mass is 35.5. The van der Waals surface area contributed by atoms with Crippen molar-refractivity contribution in [2.75, 3.05) is 0 Å². The lowest BCUT2D eigenvalue weighted by molar-refractivity contribution is 0.197. The Balaban J connectivity index is 2.36. The van der Waals surface area contributed by atoms with E-state index in [1.165, 1.54) is 12.1 Å². The molecule has 0 amide bonds. The molecule has 0 aliphatic rings. The van der Waals surface area contributed by atoms with Crippen LogP contribution in [0.4, 0.5) is 4.39 Å². The van der Waals surface area contributed by atoms with E-state index in [0.29, 0.717) is 11.6 Å². The van der Waals surface area contributed by atoms with E-state index in [4.69, 9.17) is 11.6 Å². The molecule has 1 aromatic carbocycles. The molecule has 1 N–H and O–H groups in total. The normalized spacial score (nSPS) is 12.7. The number of rotatable bonds is 3. The summed E-state index contributed by atoms with van der Waals surface area (Å²) in [5.74, 6) is -0.355. The highest BCUT2D eigenvalue weighted by Crippen LogP contribution is 2.23. The van der Waals surface area contributed by atoms with Gasteiger partial charge in [-0.25, -0.2) is 4.39 Å². The van der Waals surface area contributed by atoms with Gasteiger partial charge in [0, 0.05) is 16.3 Å². The van der Waals surface area contributed by atoms with Gasteiger partial charge in [-0.2, -0.15) is 5.10 Å². The Morgan fingerprint density at radius 1 is 1.42 bits per heavy atom. The molecule has 102 valence electrons. The first kappa shape index (κ1) is 14.0. The lowest BCUT2D eigenvalue weighted by Crippen LogP contribution is -2.05. The first-order valence-corrected chi connectivity index (χ1v) is 6.44. The quantitative estimate of drug-likeness (QED) is 0.937. The summed E-state index contributed by atoms with van der Waals surface area (Å²) in [7, 11) is 0. The van der Waals surface area contributed by atoms with Crippen LogP contribution in [0.15, 0.2) is 18.2 Å². The van der Waals surface area contributed by atoms with Crippen LogP contribution in [0, 0.1) is 19.7 Å². The molecule has 0 fully saturated rings. The van der Waals surface area contributed by atoms with Gasteiger partial charge in [0.2, 0.25) is 0 Å². The van der Waals surface area contributed by atoms with Crippen LogP contribution in [0.3, 0.4) is 0 Å². The summed E-state index contributed by atoms with van der Waals surface area (Å²) >= 11 is 6.01. The molecule has 1 unspecified atom stereocenters. The topological polar surface area (TPSA) is 38.0 Å². The second-order valence-corrected chi connectivity index (χ2v) is 5.06. The molecule has 0 aliphatic carbocycles. The molecular formula is C14H16ClFN2O. The van der Waals surface area contributed by atoms with Crippen molar-refractivity contribution in [3.63, 3.8) is 0 Å². The molecular weight excluding hydrogens is 267 g/mol. The standard InChI is InChI=1S/C14H16ClFN2O/c1-8-14(10(3)19)9(2)18(17-8)7-11-4-5-12(16)6-13(11)15/h4-6,10,19H,7H2,1-3H3. The van der Waals surface area contributed by atoms with Crippen molar-refractivity contribution in [3.8, 4) is 0 Å². The van der Waals surface area contributed by atoms with E-state index in [-0.39, 0.29) is 5.82 Å². The summed E-state index contributed by atoms with van der Waals surface area (Å²) in [6.07, 6.45) is -0.558. The number of hydrogen-bond donors (Lipinski definition) is 1. The number of halogens is 2. The number of hydrogen-bond acceptors (Lipinski definition) is 2. The summed E-state index contributed by atoms with van der Waals surface area (Å²) in [4.78, 5) is 0. The van der Waals surface area contributed by atoms with Crippen LogP contribution < -0.4 is 0 Å². The largest absolute Gasteiger partial charge is 0.389 e. The van der Waals surface area contributed by atoms with Gasteiger partial charge in [0.15, 0.2) is 0 Å². The van der Waals surface area contributed by atoms with Crippen LogP contribution in [-0.4, -0.2) is 14.9 Å². The fraction of sp³-hybridized carbons (Fsp3) is 0.357. The third kappa shape index (κ3) is 2.80. The van der Waals surface area contributed by atoms with Crippen molar-refractivity contribution in [1.29, 1.82) is 0 Å². The van der Waals surface area contributed by atoms with Gasteiger partial charge in [0.25, 0.3) is 0 Å². The minimum Gasteiger partial charge on any atom is -0.389 e. The average Bonchev–Trinajstić information content (AvgIpc) is 2.58. The Labute approximate surface area is 116 Å². The minimum atomic E-state index is -0.558. The van der Waals surface area contributed by atoms with Crippen LogP contribution in [0.2, 0.25) is 5.02 Å². The minimum absolute atomic E-state index is 0.355. The highest BCUT2D eigenvalue weighted by Gasteiger charge is 2.16. The Morgan fingerprint density at radius 3 is 2.63 bits per heavy atom. The van der Waals surface area contributed by atoms with Crippen LogP contribution in [-0.2, 0) is 6.54 Å². The zero-order valence-corrected chi connectivity index (χ0v) is 11.9. The van der Waals surface area contributed by atoms with E-state index in [2.05, 4.69) is 5.10 Å². The molecule has 1 heterocycles. The maximum Gasteiger partial charge on any atom is 0.124 e. The second-order valence-electron chi connectivity index (χ2n) is 4.65. The molecule has 0 radical (unpaired) electrons. The van der Waals surface area contributed by atoms with E-state index in [1.807, 2.05) is 13.8 Å². The summed E-state index contributed by atoms with van der Waals surface area (Å²) in [5, 5.41) is 14.5. The summed E-state index contributed by atoms with van der Waals surface area (Å²) in [5.41, 5.74) is 3.32. The number of nitrogens with zero attached hydrogens (tertiary/aromatic N) is 2. The van der Waals surface area contributed by atoms with Crippen molar-refractivity contribution in [2.45, 2.75) is 33.4 Å². The van der Waals surface area contributed by atoms with Gasteiger partial charge < -0.3 is 5.11 Å². The van der Waals surface area contributed by atoms with Crippen molar-refractivity contribution >= 4 is 11.6 Å². The second kappa shape index (κ2) is 5.31. The van der Waals surface area contributed by atoms with Gasteiger partial charge in [-0.05, 0) is 38.5 Å². The van der Waals surface area contributed by atoms with Crippen LogP contribution >= 0.6 is 11.6 Å². The highest BCUT2D eigenvalue weighted by molar-refractivity contribution is 6.31. The predicted octanol–water partition coefficient (Wildman–Crippen LogP) is 3.39. The van der Waals surface area contributed by atoms with Crippen LogP contribution in [0.25, 0.3) is 0 Å². The van der Waals surface area contributed by atoms with E-state index in [0.717, 1.165) is 22.5 Å². The van der Waals surface area contributed by atoms with E-state index in [1.54, 1.807) is 17.7 Å². The van der Waals surface area contributed by atoms with Crippen LogP contribution in [0.5, 0.6) is 0 Å². The molecule has 0 saturated heterocycles. The van der Waals surface area contributed by atoms with Gasteiger partial charge in [-0.1, -0.05) is 17.7 Å². The number of aromatic nitrogens is 2. The molecule has 1 atom stereocenters. The van der Waals surface area contributed by atoms with E-state index >= 15 is 0 Å². The van der Waals surface area contributed by atoms with Crippen LogP contribution in [0.1, 0.15) is 35.5 Å². The Kier molecular flexibility index (Phi) is 3.92. The molecule has 0 bridgehead atoms. The lowest BCUT2D eigenvalue weighted by atomic mass is 10.1. The first-order chi connectivity index (χ1) is 8.90. The van der Waals surface area contributed by atoms with E-state index < -0.39 is 6.10 Å². The maximum absolute atomic E-state index is 13.0. The summed E-state index contributed by atoms with van der Waals surface area (Å²) in [6.45, 7) is 5.93. The molecule has 19 heavy (non-hydrogen) atoms. The fourth-order valence-electron chi connectivity index (χ4n) is 2.28. The van der Waals surface area contributed by atoms with Gasteiger partial charge in [-0.15, -0.1) is 0 Å². The van der Waals surface area contributed by atoms with E-state index in [9.17, 15) is 9.50 Å². The molecule has 0 aliphatic heterocycles. The Hall–Kier alpha value is -1.39. The number of aliphatic hydroxyl groups excluding tert-OH is 1. The molecule has 2 aromatic rings. The molecule has 0 spiro atoms. The van der Waals surface area contributed by atoms with Crippen molar-refractivity contribution < 1.29 is 9.50 Å². The molecule has 5 heteroatoms. The maximum atomic E-state index is 13.0. The number of aliphatic hydroxyl groups is 1. The predicted molar refractivity (Wildman–Crippen MR) is 72.8 cm³/mol. The fourth-order valence-corrected chi connectivity index (χ4v) is 2.51. The third-order valence-corrected chi connectivity index (χ3v) is 3.54. The van der Waals surface area contributed by atoms with Crippen molar-refractivity contribution in [2.24, 2.45) is 0 Å².